The number of hydrogen-bond acceptors (Lipinski definition) is 1. The van der Waals surface area contributed by atoms with Crippen LogP contribution in [-0.2, 0) is 6.54 Å². The Morgan fingerprint density at radius 3 is 1.81 bits per heavy atom. The maximum absolute atomic E-state index is 5.91. The summed E-state index contributed by atoms with van der Waals surface area (Å²) in [5, 5.41) is 0.952. The van der Waals surface area contributed by atoms with Gasteiger partial charge in [0.15, 0.2) is 0 Å². The minimum atomic E-state index is 0.476. The van der Waals surface area contributed by atoms with E-state index in [1.165, 1.54) is 0 Å². The number of halogens is 2. The van der Waals surface area contributed by atoms with E-state index in [1.54, 1.807) is 0 Å². The van der Waals surface area contributed by atoms with Gasteiger partial charge >= 0.3 is 0 Å². The summed E-state index contributed by atoms with van der Waals surface area (Å²) in [7, 11) is 0. The van der Waals surface area contributed by atoms with Crippen molar-refractivity contribution in [2.75, 3.05) is 19.6 Å². The van der Waals surface area contributed by atoms with Crippen LogP contribution in [0.15, 0.2) is 12.1 Å². The first-order valence-electron chi connectivity index (χ1n) is 5.72. The largest absolute Gasteiger partial charge is 0.321 e. The molecule has 0 saturated heterocycles. The van der Waals surface area contributed by atoms with Crippen molar-refractivity contribution in [1.29, 1.82) is 0 Å². The maximum Gasteiger partial charge on any atom is 0.131 e. The highest BCUT2D eigenvalue weighted by molar-refractivity contribution is 6.32. The molecule has 1 heterocycles. The van der Waals surface area contributed by atoms with Gasteiger partial charge in [-0.2, -0.15) is 0 Å². The normalized spacial score (nSPS) is 11.8. The van der Waals surface area contributed by atoms with E-state index in [-0.39, 0.29) is 0 Å². The van der Waals surface area contributed by atoms with Gasteiger partial charge in [-0.3, -0.25) is 0 Å². The zero-order chi connectivity index (χ0) is 12.2. The molecule has 4 heteroatoms. The fraction of sp³-hybridized carbons (Fsp3) is 0.583. The lowest BCUT2D eigenvalue weighted by molar-refractivity contribution is -0.936. The lowest BCUT2D eigenvalue weighted by atomic mass is 10.2. The van der Waals surface area contributed by atoms with E-state index in [1.807, 2.05) is 12.1 Å². The summed E-state index contributed by atoms with van der Waals surface area (Å²) >= 11 is 11.8. The minimum Gasteiger partial charge on any atom is -0.321 e. The van der Waals surface area contributed by atoms with E-state index < -0.39 is 0 Å². The summed E-state index contributed by atoms with van der Waals surface area (Å²) in [6.07, 6.45) is 0. The van der Waals surface area contributed by atoms with Crippen molar-refractivity contribution in [2.45, 2.75) is 27.3 Å². The van der Waals surface area contributed by atoms with E-state index >= 15 is 0 Å². The van der Waals surface area contributed by atoms with Gasteiger partial charge in [-0.25, -0.2) is 4.98 Å². The summed E-state index contributed by atoms with van der Waals surface area (Å²) in [5.74, 6) is 0. The molecule has 0 spiro atoms. The molecule has 90 valence electrons. The zero-order valence-corrected chi connectivity index (χ0v) is 11.6. The highest BCUT2D eigenvalue weighted by atomic mass is 35.5. The zero-order valence-electron chi connectivity index (χ0n) is 10.1. The van der Waals surface area contributed by atoms with Gasteiger partial charge < -0.3 is 4.48 Å². The van der Waals surface area contributed by atoms with E-state index in [2.05, 4.69) is 25.8 Å². The summed E-state index contributed by atoms with van der Waals surface area (Å²) < 4.78 is 1.05. The molecule has 0 bridgehead atoms. The molecule has 0 atom stereocenters. The second kappa shape index (κ2) is 5.85. The molecule has 1 aromatic rings. The summed E-state index contributed by atoms with van der Waals surface area (Å²) in [5.41, 5.74) is 1.16. The van der Waals surface area contributed by atoms with E-state index in [9.17, 15) is 0 Å². The maximum atomic E-state index is 5.91. The highest BCUT2D eigenvalue weighted by Gasteiger charge is 2.21. The van der Waals surface area contributed by atoms with Crippen LogP contribution in [-0.4, -0.2) is 29.1 Å². The van der Waals surface area contributed by atoms with Gasteiger partial charge in [-0.1, -0.05) is 23.2 Å². The topological polar surface area (TPSA) is 12.9 Å². The Hall–Kier alpha value is -0.310. The lowest BCUT2D eigenvalue weighted by Crippen LogP contribution is -2.46. The van der Waals surface area contributed by atoms with Crippen LogP contribution in [0.4, 0.5) is 0 Å². The van der Waals surface area contributed by atoms with Crippen LogP contribution in [0.2, 0.25) is 10.3 Å². The Balaban J connectivity index is 2.93. The predicted molar refractivity (Wildman–Crippen MR) is 69.8 cm³/mol. The van der Waals surface area contributed by atoms with Crippen LogP contribution in [0.3, 0.4) is 0 Å². The van der Waals surface area contributed by atoms with E-state index in [4.69, 9.17) is 23.2 Å². The van der Waals surface area contributed by atoms with E-state index in [0.29, 0.717) is 10.3 Å². The molecule has 0 amide bonds. The number of aromatic nitrogens is 1. The minimum absolute atomic E-state index is 0.476. The first-order chi connectivity index (χ1) is 7.55. The standard InChI is InChI=1S/C12H19Cl2N2/c1-4-16(5-2,6-3)9-10-7-11(13)15-12(14)8-10/h7-8H,4-6,9H2,1-3H3/q+1. The first kappa shape index (κ1) is 13.8. The molecule has 0 aliphatic carbocycles. The molecule has 0 unspecified atom stereocenters. The molecule has 0 saturated carbocycles. The Bertz CT molecular complexity index is 320. The molecule has 0 aliphatic heterocycles. The van der Waals surface area contributed by atoms with Crippen LogP contribution in [0.1, 0.15) is 26.3 Å². The summed E-state index contributed by atoms with van der Waals surface area (Å²) in [4.78, 5) is 3.97. The summed E-state index contributed by atoms with van der Waals surface area (Å²) in [6.45, 7) is 11.0. The van der Waals surface area contributed by atoms with Crippen molar-refractivity contribution in [2.24, 2.45) is 0 Å². The van der Waals surface area contributed by atoms with Gasteiger partial charge in [0.25, 0.3) is 0 Å². The third-order valence-corrected chi connectivity index (χ3v) is 3.74. The smallest absolute Gasteiger partial charge is 0.131 e. The molecule has 0 aromatic carbocycles. The predicted octanol–water partition coefficient (Wildman–Crippen LogP) is 3.76. The van der Waals surface area contributed by atoms with Crippen LogP contribution in [0, 0.1) is 0 Å². The van der Waals surface area contributed by atoms with Crippen molar-refractivity contribution >= 4 is 23.2 Å². The number of hydrogen-bond donors (Lipinski definition) is 0. The van der Waals surface area contributed by atoms with E-state index in [0.717, 1.165) is 36.2 Å². The molecule has 1 rings (SSSR count). The summed E-state index contributed by atoms with van der Waals surface area (Å²) in [6, 6.07) is 3.81. The second-order valence-corrected chi connectivity index (χ2v) is 4.84. The lowest BCUT2D eigenvalue weighted by Gasteiger charge is -2.35. The third kappa shape index (κ3) is 3.34. The average molecular weight is 262 g/mol. The van der Waals surface area contributed by atoms with Crippen molar-refractivity contribution in [1.82, 2.24) is 4.98 Å². The Morgan fingerprint density at radius 2 is 1.44 bits per heavy atom. The fourth-order valence-corrected chi connectivity index (χ4v) is 2.50. The quantitative estimate of drug-likeness (QED) is 0.581. The van der Waals surface area contributed by atoms with Crippen LogP contribution < -0.4 is 0 Å². The molecule has 0 fully saturated rings. The number of nitrogens with zero attached hydrogens (tertiary/aromatic N) is 2. The van der Waals surface area contributed by atoms with Crippen LogP contribution >= 0.6 is 23.2 Å². The first-order valence-corrected chi connectivity index (χ1v) is 6.48. The molecule has 0 radical (unpaired) electrons. The van der Waals surface area contributed by atoms with Crippen molar-refractivity contribution in [3.8, 4) is 0 Å². The average Bonchev–Trinajstić information content (AvgIpc) is 2.25. The van der Waals surface area contributed by atoms with Gasteiger partial charge in [0, 0.05) is 5.56 Å². The number of quaternary nitrogens is 1. The van der Waals surface area contributed by atoms with Crippen molar-refractivity contribution in [3.63, 3.8) is 0 Å². The molecule has 0 aliphatic rings. The highest BCUT2D eigenvalue weighted by Crippen LogP contribution is 2.19. The molecular formula is C12H19Cl2N2+. The Morgan fingerprint density at radius 1 is 1.00 bits per heavy atom. The van der Waals surface area contributed by atoms with Gasteiger partial charge in [0.2, 0.25) is 0 Å². The van der Waals surface area contributed by atoms with Gasteiger partial charge in [-0.05, 0) is 32.9 Å². The Kier molecular flexibility index (Phi) is 5.03. The fourth-order valence-electron chi connectivity index (χ4n) is 2.00. The number of pyridine rings is 1. The second-order valence-electron chi connectivity index (χ2n) is 4.07. The molecular weight excluding hydrogens is 243 g/mol. The molecule has 16 heavy (non-hydrogen) atoms. The Labute approximate surface area is 108 Å². The molecule has 0 N–H and O–H groups in total. The molecule has 2 nitrogen and oxygen atoms in total. The van der Waals surface area contributed by atoms with Gasteiger partial charge in [-0.15, -0.1) is 0 Å². The van der Waals surface area contributed by atoms with Crippen molar-refractivity contribution < 1.29 is 4.48 Å². The molecule has 1 aromatic heterocycles. The van der Waals surface area contributed by atoms with Gasteiger partial charge in [0.05, 0.1) is 19.6 Å². The van der Waals surface area contributed by atoms with Crippen LogP contribution in [0.25, 0.3) is 0 Å². The third-order valence-electron chi connectivity index (χ3n) is 3.35. The monoisotopic (exact) mass is 261 g/mol. The van der Waals surface area contributed by atoms with Crippen molar-refractivity contribution in [3.05, 3.63) is 28.0 Å². The SMILES string of the molecule is CC[N+](CC)(CC)Cc1cc(Cl)nc(Cl)c1. The van der Waals surface area contributed by atoms with Crippen LogP contribution in [0.5, 0.6) is 0 Å². The number of rotatable bonds is 5. The van der Waals surface area contributed by atoms with Gasteiger partial charge in [0.1, 0.15) is 16.9 Å².